The number of hydrogen-bond donors (Lipinski definition) is 2. The molecule has 0 unspecified atom stereocenters. The summed E-state index contributed by atoms with van der Waals surface area (Å²) in [7, 11) is 0. The zero-order valence-electron chi connectivity index (χ0n) is 10.3. The van der Waals surface area contributed by atoms with E-state index in [2.05, 4.69) is 20.9 Å². The van der Waals surface area contributed by atoms with Gasteiger partial charge in [0.05, 0.1) is 0 Å². The average molecular weight is 333 g/mol. The maximum absolute atomic E-state index is 13.3. The van der Waals surface area contributed by atoms with Gasteiger partial charge in [-0.2, -0.15) is 0 Å². The van der Waals surface area contributed by atoms with Gasteiger partial charge in [0.25, 0.3) is 0 Å². The molecule has 0 radical (unpaired) electrons. The highest BCUT2D eigenvalue weighted by Crippen LogP contribution is 2.26. The zero-order valence-corrected chi connectivity index (χ0v) is 11.9. The largest absolute Gasteiger partial charge is 0.398 e. The molecule has 3 nitrogen and oxygen atoms in total. The molecule has 3 rings (SSSR count). The molecule has 0 atom stereocenters. The summed E-state index contributed by atoms with van der Waals surface area (Å²) in [6.45, 7) is 0. The summed E-state index contributed by atoms with van der Waals surface area (Å²) < 4.78 is 14.2. The second kappa shape index (κ2) is 4.76. The topological polar surface area (TPSA) is 58.9 Å². The average Bonchev–Trinajstić information content (AvgIpc) is 2.83. The van der Waals surface area contributed by atoms with Crippen LogP contribution in [0.3, 0.4) is 0 Å². The lowest BCUT2D eigenvalue weighted by molar-refractivity contribution is 0.104. The summed E-state index contributed by atoms with van der Waals surface area (Å²) in [4.78, 5) is 15.5. The Kier molecular flexibility index (Phi) is 3.06. The molecule has 0 bridgehead atoms. The Hall–Kier alpha value is -2.14. The Labute approximate surface area is 122 Å². The molecule has 2 aromatic carbocycles. The minimum Gasteiger partial charge on any atom is -0.398 e. The zero-order chi connectivity index (χ0) is 14.3. The van der Waals surface area contributed by atoms with Gasteiger partial charge in [0, 0.05) is 38.4 Å². The molecule has 0 amide bonds. The first-order valence-electron chi connectivity index (χ1n) is 5.92. The van der Waals surface area contributed by atoms with Crippen molar-refractivity contribution >= 4 is 38.3 Å². The van der Waals surface area contributed by atoms with Crippen LogP contribution in [0.5, 0.6) is 0 Å². The van der Waals surface area contributed by atoms with Crippen molar-refractivity contribution in [1.82, 2.24) is 4.98 Å². The summed E-state index contributed by atoms with van der Waals surface area (Å²) in [6.07, 6.45) is 1.61. The number of nitrogen functional groups attached to an aromatic ring is 1. The van der Waals surface area contributed by atoms with Gasteiger partial charge in [0.1, 0.15) is 5.82 Å². The van der Waals surface area contributed by atoms with Gasteiger partial charge in [-0.05, 0) is 36.4 Å². The predicted molar refractivity (Wildman–Crippen MR) is 80.2 cm³/mol. The van der Waals surface area contributed by atoms with Crippen LogP contribution in [0.25, 0.3) is 10.9 Å². The molecule has 0 spiro atoms. The van der Waals surface area contributed by atoms with E-state index in [9.17, 15) is 9.18 Å². The highest BCUT2D eigenvalue weighted by molar-refractivity contribution is 9.10. The van der Waals surface area contributed by atoms with E-state index < -0.39 is 5.82 Å². The molecule has 1 aromatic heterocycles. The minimum absolute atomic E-state index is 0.172. The van der Waals surface area contributed by atoms with Crippen LogP contribution in [0.4, 0.5) is 10.1 Å². The molecule has 3 N–H and O–H groups in total. The molecule has 0 saturated carbocycles. The molecule has 20 heavy (non-hydrogen) atoms. The molecule has 0 fully saturated rings. The van der Waals surface area contributed by atoms with Gasteiger partial charge >= 0.3 is 0 Å². The monoisotopic (exact) mass is 332 g/mol. The van der Waals surface area contributed by atoms with E-state index in [0.717, 1.165) is 21.4 Å². The summed E-state index contributed by atoms with van der Waals surface area (Å²) in [6, 6.07) is 9.38. The third-order valence-electron chi connectivity index (χ3n) is 3.15. The fraction of sp³-hybridized carbons (Fsp3) is 0. The van der Waals surface area contributed by atoms with E-state index in [1.54, 1.807) is 6.20 Å². The van der Waals surface area contributed by atoms with E-state index in [4.69, 9.17) is 5.73 Å². The van der Waals surface area contributed by atoms with E-state index >= 15 is 0 Å². The van der Waals surface area contributed by atoms with E-state index in [1.165, 1.54) is 12.1 Å². The molecular weight excluding hydrogens is 323 g/mol. The van der Waals surface area contributed by atoms with Crippen molar-refractivity contribution < 1.29 is 9.18 Å². The highest BCUT2D eigenvalue weighted by Gasteiger charge is 2.17. The second-order valence-corrected chi connectivity index (χ2v) is 5.37. The smallest absolute Gasteiger partial charge is 0.197 e. The number of anilines is 1. The number of nitrogens with two attached hydrogens (primary N) is 1. The van der Waals surface area contributed by atoms with Crippen molar-refractivity contribution in [3.05, 3.63) is 64.0 Å². The molecule has 0 aliphatic rings. The molecule has 0 saturated heterocycles. The number of carbonyl (C=O) groups is 1. The normalized spacial score (nSPS) is 10.9. The van der Waals surface area contributed by atoms with Gasteiger partial charge < -0.3 is 10.7 Å². The summed E-state index contributed by atoms with van der Waals surface area (Å²) in [5.41, 5.74) is 7.51. The van der Waals surface area contributed by atoms with Gasteiger partial charge in [-0.15, -0.1) is 0 Å². The van der Waals surface area contributed by atoms with Crippen LogP contribution in [-0.2, 0) is 0 Å². The lowest BCUT2D eigenvalue weighted by atomic mass is 10.0. The second-order valence-electron chi connectivity index (χ2n) is 4.45. The molecule has 100 valence electrons. The number of benzene rings is 2. The maximum Gasteiger partial charge on any atom is 0.197 e. The number of rotatable bonds is 2. The van der Waals surface area contributed by atoms with Crippen molar-refractivity contribution in [3.63, 3.8) is 0 Å². The third kappa shape index (κ3) is 2.10. The summed E-state index contributed by atoms with van der Waals surface area (Å²) in [5, 5.41) is 0.771. The number of fused-ring (bicyclic) bond motifs is 1. The molecule has 0 aliphatic heterocycles. The van der Waals surface area contributed by atoms with E-state index in [1.807, 2.05) is 18.2 Å². The number of carbonyl (C=O) groups excluding carboxylic acids is 1. The van der Waals surface area contributed by atoms with Crippen molar-refractivity contribution in [2.24, 2.45) is 0 Å². The highest BCUT2D eigenvalue weighted by atomic mass is 79.9. The van der Waals surface area contributed by atoms with Crippen molar-refractivity contribution in [2.45, 2.75) is 0 Å². The minimum atomic E-state index is -0.483. The van der Waals surface area contributed by atoms with Crippen molar-refractivity contribution in [1.29, 1.82) is 0 Å². The van der Waals surface area contributed by atoms with Crippen LogP contribution in [0.2, 0.25) is 0 Å². The number of halogens is 2. The van der Waals surface area contributed by atoms with Gasteiger partial charge in [-0.25, -0.2) is 4.39 Å². The molecule has 1 heterocycles. The Morgan fingerprint density at radius 3 is 2.75 bits per heavy atom. The number of hydrogen-bond acceptors (Lipinski definition) is 2. The molecule has 3 aromatic rings. The standard InChI is InChI=1S/C15H10BrFN2O/c16-8-1-4-14-10(5-8)12(7-19-14)15(20)11-6-9(17)2-3-13(11)18/h1-7,19H,18H2. The molecular formula is C15H10BrFN2O. The van der Waals surface area contributed by atoms with Crippen LogP contribution in [0.15, 0.2) is 47.1 Å². The van der Waals surface area contributed by atoms with Gasteiger partial charge in [0.15, 0.2) is 5.78 Å². The van der Waals surface area contributed by atoms with Crippen LogP contribution in [0, 0.1) is 5.82 Å². The number of H-pyrrole nitrogens is 1. The summed E-state index contributed by atoms with van der Waals surface area (Å²) >= 11 is 3.37. The number of nitrogens with one attached hydrogen (secondary N) is 1. The number of aromatic nitrogens is 1. The fourth-order valence-corrected chi connectivity index (χ4v) is 2.51. The Morgan fingerprint density at radius 1 is 1.15 bits per heavy atom. The number of ketones is 1. The maximum atomic E-state index is 13.3. The predicted octanol–water partition coefficient (Wildman–Crippen LogP) is 3.88. The molecule has 0 aliphatic carbocycles. The lowest BCUT2D eigenvalue weighted by Gasteiger charge is -2.04. The summed E-state index contributed by atoms with van der Waals surface area (Å²) in [5.74, 6) is -0.782. The first kappa shape index (κ1) is 12.9. The Morgan fingerprint density at radius 2 is 1.95 bits per heavy atom. The van der Waals surface area contributed by atoms with E-state index in [0.29, 0.717) is 5.56 Å². The quantitative estimate of drug-likeness (QED) is 0.552. The van der Waals surface area contributed by atoms with Crippen molar-refractivity contribution in [3.8, 4) is 0 Å². The van der Waals surface area contributed by atoms with Gasteiger partial charge in [-0.1, -0.05) is 15.9 Å². The van der Waals surface area contributed by atoms with Crippen LogP contribution in [-0.4, -0.2) is 10.8 Å². The Balaban J connectivity index is 2.17. The Bertz CT molecular complexity index is 826. The number of aromatic amines is 1. The SMILES string of the molecule is Nc1ccc(F)cc1C(=O)c1c[nH]c2ccc(Br)cc12. The lowest BCUT2D eigenvalue weighted by Crippen LogP contribution is -2.05. The fourth-order valence-electron chi connectivity index (χ4n) is 2.15. The first-order valence-corrected chi connectivity index (χ1v) is 6.72. The van der Waals surface area contributed by atoms with Gasteiger partial charge in [-0.3, -0.25) is 4.79 Å². The van der Waals surface area contributed by atoms with Crippen molar-refractivity contribution in [2.75, 3.05) is 5.73 Å². The van der Waals surface area contributed by atoms with Crippen LogP contribution in [0.1, 0.15) is 15.9 Å². The van der Waals surface area contributed by atoms with E-state index in [-0.39, 0.29) is 17.0 Å². The third-order valence-corrected chi connectivity index (χ3v) is 3.64. The van der Waals surface area contributed by atoms with Crippen LogP contribution >= 0.6 is 15.9 Å². The van der Waals surface area contributed by atoms with Gasteiger partial charge in [0.2, 0.25) is 0 Å². The van der Waals surface area contributed by atoms with Crippen LogP contribution < -0.4 is 5.73 Å². The first-order chi connectivity index (χ1) is 9.56. The molecule has 5 heteroatoms.